The van der Waals surface area contributed by atoms with Gasteiger partial charge in [-0.15, -0.1) is 0 Å². The summed E-state index contributed by atoms with van der Waals surface area (Å²) in [4.78, 5) is 52.9. The number of ether oxygens (including phenoxy) is 2. The van der Waals surface area contributed by atoms with Gasteiger partial charge in [0.25, 0.3) is 5.56 Å². The smallest absolute Gasteiger partial charge is 0.339 e. The van der Waals surface area contributed by atoms with Crippen molar-refractivity contribution < 1.29 is 23.9 Å². The van der Waals surface area contributed by atoms with E-state index < -0.39 is 17.8 Å². The molecule has 1 amide bonds. The van der Waals surface area contributed by atoms with E-state index in [1.165, 1.54) is 38.7 Å². The van der Waals surface area contributed by atoms with Crippen molar-refractivity contribution in [1.29, 1.82) is 0 Å². The predicted octanol–water partition coefficient (Wildman–Crippen LogP) is 1.61. The fourth-order valence-electron chi connectivity index (χ4n) is 2.74. The number of hydrogen-bond acceptors (Lipinski definition) is 7. The van der Waals surface area contributed by atoms with Gasteiger partial charge in [0.05, 0.1) is 48.3 Å². The Morgan fingerprint density at radius 1 is 1.03 bits per heavy atom. The lowest BCUT2D eigenvalue weighted by atomic mass is 10.1. The highest BCUT2D eigenvalue weighted by Gasteiger charge is 2.18. The topological polar surface area (TPSA) is 117 Å². The summed E-state index contributed by atoms with van der Waals surface area (Å²) in [7, 11) is 2.41. The van der Waals surface area contributed by atoms with Crippen LogP contribution in [0.5, 0.6) is 0 Å². The van der Waals surface area contributed by atoms with Gasteiger partial charge in [-0.05, 0) is 30.3 Å². The minimum atomic E-state index is -0.693. The second-order valence-electron chi connectivity index (χ2n) is 5.99. The lowest BCUT2D eigenvalue weighted by Crippen LogP contribution is -2.28. The van der Waals surface area contributed by atoms with Crippen LogP contribution in [0.2, 0.25) is 0 Å². The minimum Gasteiger partial charge on any atom is -0.465 e. The molecule has 148 valence electrons. The lowest BCUT2D eigenvalue weighted by Gasteiger charge is -2.12. The standard InChI is InChI=1S/C20H17N3O6/c1-28-19(26)12-7-8-14(20(27)29-2)16(9-12)22-17(24)10-23-11-21-15-6-4-3-5-13(15)18(23)25/h3-9,11H,10H2,1-2H3,(H,22,24). The summed E-state index contributed by atoms with van der Waals surface area (Å²) >= 11 is 0. The molecule has 0 unspecified atom stereocenters. The predicted molar refractivity (Wildman–Crippen MR) is 104 cm³/mol. The highest BCUT2D eigenvalue weighted by atomic mass is 16.5. The summed E-state index contributed by atoms with van der Waals surface area (Å²) in [5, 5.41) is 2.91. The van der Waals surface area contributed by atoms with Gasteiger partial charge in [-0.25, -0.2) is 14.6 Å². The molecule has 1 N–H and O–H groups in total. The molecule has 0 aliphatic rings. The normalized spacial score (nSPS) is 10.4. The maximum Gasteiger partial charge on any atom is 0.339 e. The molecule has 0 bridgehead atoms. The fraction of sp³-hybridized carbons (Fsp3) is 0.150. The molecule has 0 spiro atoms. The molecule has 9 heteroatoms. The van der Waals surface area contributed by atoms with Crippen LogP contribution in [0.1, 0.15) is 20.7 Å². The zero-order valence-corrected chi connectivity index (χ0v) is 15.7. The van der Waals surface area contributed by atoms with Crippen molar-refractivity contribution in [3.63, 3.8) is 0 Å². The fourth-order valence-corrected chi connectivity index (χ4v) is 2.74. The van der Waals surface area contributed by atoms with E-state index in [9.17, 15) is 19.2 Å². The van der Waals surface area contributed by atoms with Gasteiger partial charge in [-0.2, -0.15) is 0 Å². The van der Waals surface area contributed by atoms with Gasteiger partial charge >= 0.3 is 11.9 Å². The Morgan fingerprint density at radius 2 is 1.76 bits per heavy atom. The van der Waals surface area contributed by atoms with Crippen molar-refractivity contribution >= 4 is 34.4 Å². The van der Waals surface area contributed by atoms with Crippen molar-refractivity contribution in [2.75, 3.05) is 19.5 Å². The number of anilines is 1. The summed E-state index contributed by atoms with van der Waals surface area (Å²) in [6.07, 6.45) is 1.27. The van der Waals surface area contributed by atoms with Gasteiger partial charge < -0.3 is 14.8 Å². The van der Waals surface area contributed by atoms with Crippen molar-refractivity contribution in [3.8, 4) is 0 Å². The summed E-state index contributed by atoms with van der Waals surface area (Å²) < 4.78 is 10.5. The Balaban J connectivity index is 1.90. The first-order chi connectivity index (χ1) is 13.9. The molecule has 0 fully saturated rings. The molecule has 0 saturated heterocycles. The highest BCUT2D eigenvalue weighted by molar-refractivity contribution is 6.03. The van der Waals surface area contributed by atoms with E-state index in [1.807, 2.05) is 0 Å². The average molecular weight is 395 g/mol. The minimum absolute atomic E-state index is 0.0532. The third-order valence-corrected chi connectivity index (χ3v) is 4.17. The second-order valence-corrected chi connectivity index (χ2v) is 5.99. The largest absolute Gasteiger partial charge is 0.465 e. The maximum absolute atomic E-state index is 12.5. The number of carbonyl (C=O) groups is 3. The Kier molecular flexibility index (Phi) is 5.68. The number of rotatable bonds is 5. The van der Waals surface area contributed by atoms with Gasteiger partial charge in [-0.1, -0.05) is 12.1 Å². The molecule has 9 nitrogen and oxygen atoms in total. The molecule has 0 saturated carbocycles. The molecule has 2 aromatic carbocycles. The molecule has 3 aromatic rings. The second kappa shape index (κ2) is 8.34. The number of aromatic nitrogens is 2. The van der Waals surface area contributed by atoms with Gasteiger partial charge in [0.1, 0.15) is 6.54 Å². The number of amides is 1. The van der Waals surface area contributed by atoms with Gasteiger partial charge in [0.15, 0.2) is 0 Å². The van der Waals surface area contributed by atoms with Crippen LogP contribution in [-0.2, 0) is 20.8 Å². The number of hydrogen-bond donors (Lipinski definition) is 1. The SMILES string of the molecule is COC(=O)c1ccc(C(=O)OC)c(NC(=O)Cn2cnc3ccccc3c2=O)c1. The summed E-state index contributed by atoms with van der Waals surface area (Å²) in [5.74, 6) is -1.91. The number of nitrogens with one attached hydrogen (secondary N) is 1. The van der Waals surface area contributed by atoms with Crippen LogP contribution in [0.25, 0.3) is 10.9 Å². The Bertz CT molecular complexity index is 1170. The molecular weight excluding hydrogens is 378 g/mol. The van der Waals surface area contributed by atoms with E-state index in [1.54, 1.807) is 24.3 Å². The first kappa shape index (κ1) is 19.7. The monoisotopic (exact) mass is 395 g/mol. The zero-order chi connectivity index (χ0) is 21.0. The van der Waals surface area contributed by atoms with Crippen molar-refractivity contribution in [1.82, 2.24) is 9.55 Å². The number of nitrogens with zero attached hydrogens (tertiary/aromatic N) is 2. The molecular formula is C20H17N3O6. The number of methoxy groups -OCH3 is 2. The highest BCUT2D eigenvalue weighted by Crippen LogP contribution is 2.20. The third-order valence-electron chi connectivity index (χ3n) is 4.17. The van der Waals surface area contributed by atoms with Crippen LogP contribution >= 0.6 is 0 Å². The zero-order valence-electron chi connectivity index (χ0n) is 15.7. The Hall–Kier alpha value is -4.01. The third kappa shape index (κ3) is 4.13. The van der Waals surface area contributed by atoms with E-state index in [4.69, 9.17) is 4.74 Å². The van der Waals surface area contributed by atoms with Crippen LogP contribution in [-0.4, -0.2) is 41.6 Å². The first-order valence-corrected chi connectivity index (χ1v) is 8.49. The summed E-state index contributed by atoms with van der Waals surface area (Å²) in [6.45, 7) is -0.334. The molecule has 0 aliphatic carbocycles. The van der Waals surface area contributed by atoms with Crippen LogP contribution in [0.4, 0.5) is 5.69 Å². The molecule has 0 atom stereocenters. The number of benzene rings is 2. The maximum atomic E-state index is 12.5. The van der Waals surface area contributed by atoms with E-state index in [-0.39, 0.29) is 28.9 Å². The van der Waals surface area contributed by atoms with Crippen molar-refractivity contribution in [3.05, 3.63) is 70.3 Å². The molecule has 1 aromatic heterocycles. The molecule has 0 radical (unpaired) electrons. The Morgan fingerprint density at radius 3 is 2.48 bits per heavy atom. The quantitative estimate of drug-likeness (QED) is 0.652. The van der Waals surface area contributed by atoms with Crippen LogP contribution < -0.4 is 10.9 Å². The number of para-hydroxylation sites is 1. The van der Waals surface area contributed by atoms with E-state index in [2.05, 4.69) is 15.0 Å². The van der Waals surface area contributed by atoms with Gasteiger partial charge in [0, 0.05) is 0 Å². The van der Waals surface area contributed by atoms with Crippen LogP contribution in [0.3, 0.4) is 0 Å². The van der Waals surface area contributed by atoms with Crippen molar-refractivity contribution in [2.24, 2.45) is 0 Å². The molecule has 1 heterocycles. The van der Waals surface area contributed by atoms with Crippen LogP contribution in [0, 0.1) is 0 Å². The Labute approximate surface area is 164 Å². The van der Waals surface area contributed by atoms with E-state index >= 15 is 0 Å². The summed E-state index contributed by atoms with van der Waals surface area (Å²) in [5.41, 5.74) is 0.402. The molecule has 0 aliphatic heterocycles. The molecule has 29 heavy (non-hydrogen) atoms. The van der Waals surface area contributed by atoms with Crippen LogP contribution in [0.15, 0.2) is 53.6 Å². The van der Waals surface area contributed by atoms with E-state index in [0.717, 1.165) is 4.57 Å². The van der Waals surface area contributed by atoms with Gasteiger partial charge in [-0.3, -0.25) is 14.2 Å². The van der Waals surface area contributed by atoms with E-state index in [0.29, 0.717) is 10.9 Å². The van der Waals surface area contributed by atoms with Crippen molar-refractivity contribution in [2.45, 2.75) is 6.54 Å². The summed E-state index contributed by atoms with van der Waals surface area (Å²) in [6, 6.07) is 10.8. The number of esters is 2. The first-order valence-electron chi connectivity index (χ1n) is 8.49. The number of fused-ring (bicyclic) bond motifs is 1. The molecule has 3 rings (SSSR count). The number of carbonyl (C=O) groups excluding carboxylic acids is 3. The lowest BCUT2D eigenvalue weighted by molar-refractivity contribution is -0.116. The average Bonchev–Trinajstić information content (AvgIpc) is 2.74. The van der Waals surface area contributed by atoms with Gasteiger partial charge in [0.2, 0.25) is 5.91 Å².